The molecule has 0 aromatic carbocycles. The van der Waals surface area contributed by atoms with E-state index in [9.17, 15) is 14.4 Å². The number of hydrogen-bond acceptors (Lipinski definition) is 6. The van der Waals surface area contributed by atoms with Crippen molar-refractivity contribution in [1.29, 1.82) is 0 Å². The Morgan fingerprint density at radius 1 is 1.29 bits per heavy atom. The van der Waals surface area contributed by atoms with Gasteiger partial charge in [-0.2, -0.15) is 11.8 Å². The summed E-state index contributed by atoms with van der Waals surface area (Å²) in [6, 6.07) is -0.530. The van der Waals surface area contributed by atoms with E-state index in [1.165, 1.54) is 0 Å². The van der Waals surface area contributed by atoms with E-state index in [4.69, 9.17) is 4.74 Å². The van der Waals surface area contributed by atoms with Crippen molar-refractivity contribution < 1.29 is 23.9 Å². The lowest BCUT2D eigenvalue weighted by Crippen LogP contribution is -2.40. The zero-order chi connectivity index (χ0) is 16.1. The maximum Gasteiger partial charge on any atom is 0.330 e. The molecule has 0 saturated heterocycles. The van der Waals surface area contributed by atoms with Crippen LogP contribution in [0.4, 0.5) is 4.79 Å². The summed E-state index contributed by atoms with van der Waals surface area (Å²) < 4.78 is 9.66. The van der Waals surface area contributed by atoms with Crippen LogP contribution in [0.2, 0.25) is 0 Å². The molecular weight excluding hydrogens is 296 g/mol. The minimum absolute atomic E-state index is 0.0362. The number of amides is 2. The average Bonchev–Trinajstić information content (AvgIpc) is 2.47. The lowest BCUT2D eigenvalue weighted by molar-refractivity contribution is -0.142. The van der Waals surface area contributed by atoms with Crippen LogP contribution in [0.3, 0.4) is 0 Å². The molecule has 0 aliphatic carbocycles. The molecule has 2 amide bonds. The van der Waals surface area contributed by atoms with Crippen LogP contribution in [0.25, 0.3) is 0 Å². The van der Waals surface area contributed by atoms with Crippen molar-refractivity contribution in [1.82, 2.24) is 10.6 Å². The first-order chi connectivity index (χ1) is 9.99. The fraction of sp³-hybridized carbons (Fsp3) is 0.615. The molecular formula is C13H22N2O5S. The Morgan fingerprint density at radius 3 is 2.62 bits per heavy atom. The summed E-state index contributed by atoms with van der Waals surface area (Å²) in [4.78, 5) is 33.4. The number of carbonyl (C=O) groups is 3. The van der Waals surface area contributed by atoms with Crippen LogP contribution >= 0.6 is 11.8 Å². The Labute approximate surface area is 128 Å². The molecule has 7 nitrogen and oxygen atoms in total. The van der Waals surface area contributed by atoms with Gasteiger partial charge in [0.05, 0.1) is 6.54 Å². The summed E-state index contributed by atoms with van der Waals surface area (Å²) in [5.41, 5.74) is 0. The Kier molecular flexibility index (Phi) is 11.1. The van der Waals surface area contributed by atoms with Gasteiger partial charge in [-0.25, -0.2) is 9.59 Å². The van der Waals surface area contributed by atoms with Gasteiger partial charge in [0.2, 0.25) is 0 Å². The van der Waals surface area contributed by atoms with Crippen molar-refractivity contribution in [2.24, 2.45) is 0 Å². The average molecular weight is 318 g/mol. The molecule has 0 aliphatic heterocycles. The number of rotatable bonds is 10. The van der Waals surface area contributed by atoms with Crippen LogP contribution < -0.4 is 10.6 Å². The van der Waals surface area contributed by atoms with E-state index in [-0.39, 0.29) is 24.9 Å². The van der Waals surface area contributed by atoms with Crippen LogP contribution in [0.5, 0.6) is 0 Å². The second kappa shape index (κ2) is 12.1. The molecule has 1 atom stereocenters. The van der Waals surface area contributed by atoms with Gasteiger partial charge in [-0.05, 0) is 12.7 Å². The predicted molar refractivity (Wildman–Crippen MR) is 81.1 cm³/mol. The van der Waals surface area contributed by atoms with Crippen LogP contribution in [0.15, 0.2) is 12.7 Å². The summed E-state index contributed by atoms with van der Waals surface area (Å²) in [7, 11) is 0. The van der Waals surface area contributed by atoms with Crippen LogP contribution in [0.1, 0.15) is 13.8 Å². The van der Waals surface area contributed by atoms with E-state index in [1.807, 2.05) is 13.8 Å². The SMILES string of the molecule is C=CC(=O)OCCNC(=O)NCC(=O)OCC(C)SCC. The van der Waals surface area contributed by atoms with E-state index in [1.54, 1.807) is 11.8 Å². The number of ether oxygens (including phenoxy) is 2. The van der Waals surface area contributed by atoms with E-state index in [0.717, 1.165) is 11.8 Å². The smallest absolute Gasteiger partial charge is 0.330 e. The van der Waals surface area contributed by atoms with Crippen molar-refractivity contribution in [2.45, 2.75) is 19.1 Å². The first-order valence-electron chi connectivity index (χ1n) is 6.57. The highest BCUT2D eigenvalue weighted by Gasteiger charge is 2.08. The maximum atomic E-state index is 11.4. The Morgan fingerprint density at radius 2 is 2.00 bits per heavy atom. The lowest BCUT2D eigenvalue weighted by atomic mass is 10.5. The van der Waals surface area contributed by atoms with Crippen LogP contribution in [0, 0.1) is 0 Å². The molecule has 0 spiro atoms. The van der Waals surface area contributed by atoms with E-state index >= 15 is 0 Å². The van der Waals surface area contributed by atoms with Gasteiger partial charge in [0.15, 0.2) is 0 Å². The normalized spacial score (nSPS) is 11.1. The highest BCUT2D eigenvalue weighted by atomic mass is 32.2. The molecule has 0 aromatic rings. The Hall–Kier alpha value is -1.70. The van der Waals surface area contributed by atoms with Crippen molar-refractivity contribution in [2.75, 3.05) is 32.1 Å². The quantitative estimate of drug-likeness (QED) is 0.350. The molecule has 1 unspecified atom stereocenters. The predicted octanol–water partition coefficient (Wildman–Crippen LogP) is 0.700. The van der Waals surface area contributed by atoms with Crippen molar-refractivity contribution in [3.63, 3.8) is 0 Å². The van der Waals surface area contributed by atoms with Gasteiger partial charge in [0.25, 0.3) is 0 Å². The number of hydrogen-bond donors (Lipinski definition) is 2. The molecule has 0 saturated carbocycles. The summed E-state index contributed by atoms with van der Waals surface area (Å²) in [5.74, 6) is -0.0952. The molecule has 21 heavy (non-hydrogen) atoms. The lowest BCUT2D eigenvalue weighted by Gasteiger charge is -2.11. The Balaban J connectivity index is 3.61. The number of urea groups is 1. The molecule has 0 heterocycles. The van der Waals surface area contributed by atoms with Gasteiger partial charge < -0.3 is 20.1 Å². The van der Waals surface area contributed by atoms with Crippen LogP contribution in [-0.2, 0) is 19.1 Å². The number of nitrogens with one attached hydrogen (secondary N) is 2. The molecule has 0 aromatic heterocycles. The second-order valence-corrected chi connectivity index (χ2v) is 5.65. The van der Waals surface area contributed by atoms with Crippen molar-refractivity contribution in [3.8, 4) is 0 Å². The maximum absolute atomic E-state index is 11.4. The molecule has 0 radical (unpaired) electrons. The van der Waals surface area contributed by atoms with Gasteiger partial charge in [-0.1, -0.05) is 13.5 Å². The van der Waals surface area contributed by atoms with Crippen LogP contribution in [-0.4, -0.2) is 55.3 Å². The standard InChI is InChI=1S/C13H22N2O5S/c1-4-11(16)19-7-6-14-13(18)15-8-12(17)20-9-10(3)21-5-2/h4,10H,1,5-9H2,2-3H3,(H2,14,15,18). The number of esters is 2. The van der Waals surface area contributed by atoms with Crippen molar-refractivity contribution in [3.05, 3.63) is 12.7 Å². The third-order valence-corrected chi connectivity index (χ3v) is 3.16. The summed E-state index contributed by atoms with van der Waals surface area (Å²) in [6.07, 6.45) is 1.04. The van der Waals surface area contributed by atoms with Crippen molar-refractivity contribution >= 4 is 29.7 Å². The minimum atomic E-state index is -0.556. The Bertz CT molecular complexity index is 362. The molecule has 0 aliphatic rings. The first-order valence-corrected chi connectivity index (χ1v) is 7.62. The summed E-state index contributed by atoms with van der Waals surface area (Å²) >= 11 is 1.69. The van der Waals surface area contributed by atoms with E-state index in [2.05, 4.69) is 21.9 Å². The third kappa shape index (κ3) is 11.8. The molecule has 0 rings (SSSR count). The zero-order valence-electron chi connectivity index (χ0n) is 12.3. The highest BCUT2D eigenvalue weighted by molar-refractivity contribution is 7.99. The molecule has 0 bridgehead atoms. The fourth-order valence-electron chi connectivity index (χ4n) is 1.18. The summed E-state index contributed by atoms with van der Waals surface area (Å²) in [6.45, 7) is 7.52. The third-order valence-electron chi connectivity index (χ3n) is 2.12. The highest BCUT2D eigenvalue weighted by Crippen LogP contribution is 2.09. The summed E-state index contributed by atoms with van der Waals surface area (Å²) in [5, 5.41) is 5.01. The van der Waals surface area contributed by atoms with Gasteiger partial charge in [-0.3, -0.25) is 4.79 Å². The van der Waals surface area contributed by atoms with Gasteiger partial charge in [0.1, 0.15) is 19.8 Å². The molecule has 120 valence electrons. The molecule has 0 fully saturated rings. The topological polar surface area (TPSA) is 93.7 Å². The second-order valence-electron chi connectivity index (χ2n) is 3.93. The minimum Gasteiger partial charge on any atom is -0.463 e. The monoisotopic (exact) mass is 318 g/mol. The first kappa shape index (κ1) is 19.3. The number of thioether (sulfide) groups is 1. The molecule has 2 N–H and O–H groups in total. The zero-order valence-corrected chi connectivity index (χ0v) is 13.2. The van der Waals surface area contributed by atoms with E-state index < -0.39 is 18.0 Å². The van der Waals surface area contributed by atoms with Gasteiger partial charge in [0, 0.05) is 11.3 Å². The fourth-order valence-corrected chi connectivity index (χ4v) is 1.92. The molecule has 8 heteroatoms. The largest absolute Gasteiger partial charge is 0.463 e. The van der Waals surface area contributed by atoms with Gasteiger partial charge in [-0.15, -0.1) is 0 Å². The number of carbonyl (C=O) groups excluding carboxylic acids is 3. The van der Waals surface area contributed by atoms with Gasteiger partial charge >= 0.3 is 18.0 Å². The van der Waals surface area contributed by atoms with E-state index in [0.29, 0.717) is 6.61 Å².